The zero-order valence-corrected chi connectivity index (χ0v) is 11.8. The van der Waals surface area contributed by atoms with Gasteiger partial charge in [-0.15, -0.1) is 0 Å². The zero-order chi connectivity index (χ0) is 13.9. The molecule has 0 aliphatic carbocycles. The molecular formula is C17H18N2O. The summed E-state index contributed by atoms with van der Waals surface area (Å²) in [7, 11) is 0. The molecule has 0 saturated carbocycles. The predicted molar refractivity (Wildman–Crippen MR) is 80.5 cm³/mol. The number of aryl methyl sites for hydroxylation is 2. The van der Waals surface area contributed by atoms with E-state index in [-0.39, 0.29) is 0 Å². The minimum Gasteiger partial charge on any atom is -0.444 e. The van der Waals surface area contributed by atoms with Crippen LogP contribution in [0.2, 0.25) is 0 Å². The summed E-state index contributed by atoms with van der Waals surface area (Å²) >= 11 is 0. The van der Waals surface area contributed by atoms with E-state index in [1.165, 1.54) is 16.3 Å². The second-order valence-corrected chi connectivity index (χ2v) is 5.03. The fourth-order valence-electron chi connectivity index (χ4n) is 2.28. The quantitative estimate of drug-likeness (QED) is 0.782. The number of rotatable bonds is 4. The van der Waals surface area contributed by atoms with E-state index in [4.69, 9.17) is 4.42 Å². The van der Waals surface area contributed by atoms with Gasteiger partial charge < -0.3 is 9.73 Å². The molecule has 3 aromatic rings. The van der Waals surface area contributed by atoms with Crippen LogP contribution in [0.1, 0.15) is 22.9 Å². The van der Waals surface area contributed by atoms with Crippen molar-refractivity contribution in [3.8, 4) is 0 Å². The van der Waals surface area contributed by atoms with Gasteiger partial charge >= 0.3 is 0 Å². The van der Waals surface area contributed by atoms with E-state index in [1.54, 1.807) is 0 Å². The molecule has 0 aliphatic rings. The van der Waals surface area contributed by atoms with Gasteiger partial charge in [0.05, 0.1) is 12.2 Å². The molecule has 102 valence electrons. The summed E-state index contributed by atoms with van der Waals surface area (Å²) in [5, 5.41) is 5.91. The summed E-state index contributed by atoms with van der Waals surface area (Å²) in [6, 6.07) is 14.9. The zero-order valence-electron chi connectivity index (χ0n) is 11.8. The molecule has 3 nitrogen and oxygen atoms in total. The summed E-state index contributed by atoms with van der Waals surface area (Å²) in [4.78, 5) is 4.36. The van der Waals surface area contributed by atoms with Crippen molar-refractivity contribution in [3.63, 3.8) is 0 Å². The number of nitrogens with one attached hydrogen (secondary N) is 1. The molecule has 20 heavy (non-hydrogen) atoms. The average molecular weight is 266 g/mol. The number of hydrogen-bond acceptors (Lipinski definition) is 3. The van der Waals surface area contributed by atoms with E-state index in [0.29, 0.717) is 6.54 Å². The number of oxazole rings is 1. The Hall–Kier alpha value is -2.13. The lowest BCUT2D eigenvalue weighted by Crippen LogP contribution is -2.12. The maximum Gasteiger partial charge on any atom is 0.208 e. The third kappa shape index (κ3) is 2.73. The molecule has 1 heterocycles. The van der Waals surface area contributed by atoms with Crippen LogP contribution in [0.15, 0.2) is 46.9 Å². The molecule has 1 aromatic heterocycles. The standard InChI is InChI=1S/C17H18N2O/c1-12-13(2)20-17(19-12)11-18-10-14-7-8-15-5-3-4-6-16(15)9-14/h3-9,18H,10-11H2,1-2H3. The maximum atomic E-state index is 5.55. The van der Waals surface area contributed by atoms with Crippen molar-refractivity contribution in [2.45, 2.75) is 26.9 Å². The lowest BCUT2D eigenvalue weighted by Gasteiger charge is -2.04. The molecule has 0 radical (unpaired) electrons. The van der Waals surface area contributed by atoms with Crippen LogP contribution >= 0.6 is 0 Å². The van der Waals surface area contributed by atoms with Crippen molar-refractivity contribution in [3.05, 3.63) is 65.4 Å². The van der Waals surface area contributed by atoms with Gasteiger partial charge in [-0.1, -0.05) is 36.4 Å². The fraction of sp³-hybridized carbons (Fsp3) is 0.235. The van der Waals surface area contributed by atoms with Crippen molar-refractivity contribution in [2.24, 2.45) is 0 Å². The topological polar surface area (TPSA) is 38.1 Å². The maximum absolute atomic E-state index is 5.55. The van der Waals surface area contributed by atoms with Crippen LogP contribution in [0.5, 0.6) is 0 Å². The predicted octanol–water partition coefficient (Wildman–Crippen LogP) is 3.73. The van der Waals surface area contributed by atoms with Gasteiger partial charge in [-0.25, -0.2) is 4.98 Å². The molecule has 0 unspecified atom stereocenters. The molecule has 2 aromatic carbocycles. The molecule has 0 bridgehead atoms. The summed E-state index contributed by atoms with van der Waals surface area (Å²) in [6.07, 6.45) is 0. The van der Waals surface area contributed by atoms with Gasteiger partial charge in [-0.05, 0) is 36.2 Å². The molecule has 0 amide bonds. The number of hydrogen-bond donors (Lipinski definition) is 1. The first-order valence-corrected chi connectivity index (χ1v) is 6.84. The van der Waals surface area contributed by atoms with Crippen LogP contribution in [0, 0.1) is 13.8 Å². The monoisotopic (exact) mass is 266 g/mol. The molecule has 3 rings (SSSR count). The highest BCUT2D eigenvalue weighted by molar-refractivity contribution is 5.82. The molecule has 0 aliphatic heterocycles. The minimum absolute atomic E-state index is 0.654. The first kappa shape index (κ1) is 12.9. The Balaban J connectivity index is 1.64. The van der Waals surface area contributed by atoms with Gasteiger partial charge in [0.2, 0.25) is 5.89 Å². The van der Waals surface area contributed by atoms with Gasteiger partial charge in [0.1, 0.15) is 5.76 Å². The highest BCUT2D eigenvalue weighted by Gasteiger charge is 2.04. The van der Waals surface area contributed by atoms with Gasteiger partial charge in [0.25, 0.3) is 0 Å². The van der Waals surface area contributed by atoms with Crippen LogP contribution in [0.4, 0.5) is 0 Å². The Kier molecular flexibility index (Phi) is 3.52. The highest BCUT2D eigenvalue weighted by Crippen LogP contribution is 2.15. The second kappa shape index (κ2) is 5.47. The molecule has 0 atom stereocenters. The first-order chi connectivity index (χ1) is 9.72. The summed E-state index contributed by atoms with van der Waals surface area (Å²) in [6.45, 7) is 5.37. The second-order valence-electron chi connectivity index (χ2n) is 5.03. The van der Waals surface area contributed by atoms with Crippen LogP contribution < -0.4 is 5.32 Å². The molecule has 0 spiro atoms. The average Bonchev–Trinajstić information content (AvgIpc) is 2.77. The SMILES string of the molecule is Cc1nc(CNCc2ccc3ccccc3c2)oc1C. The van der Waals surface area contributed by atoms with Crippen LogP contribution in [0.3, 0.4) is 0 Å². The van der Waals surface area contributed by atoms with Gasteiger partial charge in [-0.2, -0.15) is 0 Å². The largest absolute Gasteiger partial charge is 0.444 e. The molecule has 0 fully saturated rings. The van der Waals surface area contributed by atoms with Gasteiger partial charge in [-0.3, -0.25) is 0 Å². The van der Waals surface area contributed by atoms with Gasteiger partial charge in [0, 0.05) is 6.54 Å². The Labute approximate surface area is 118 Å². The van der Waals surface area contributed by atoms with Crippen molar-refractivity contribution in [1.82, 2.24) is 10.3 Å². The molecule has 3 heteroatoms. The fourth-order valence-corrected chi connectivity index (χ4v) is 2.28. The number of aromatic nitrogens is 1. The number of fused-ring (bicyclic) bond motifs is 1. The minimum atomic E-state index is 0.654. The smallest absolute Gasteiger partial charge is 0.208 e. The van der Waals surface area contributed by atoms with E-state index in [9.17, 15) is 0 Å². The molecule has 0 saturated heterocycles. The number of nitrogens with zero attached hydrogens (tertiary/aromatic N) is 1. The normalized spacial score (nSPS) is 11.1. The van der Waals surface area contributed by atoms with Crippen molar-refractivity contribution >= 4 is 10.8 Å². The lowest BCUT2D eigenvalue weighted by atomic mass is 10.1. The third-order valence-electron chi connectivity index (χ3n) is 3.49. The van der Waals surface area contributed by atoms with Crippen molar-refractivity contribution in [2.75, 3.05) is 0 Å². The Morgan fingerprint density at radius 3 is 2.55 bits per heavy atom. The van der Waals surface area contributed by atoms with Gasteiger partial charge in [0.15, 0.2) is 0 Å². The summed E-state index contributed by atoms with van der Waals surface area (Å²) in [5.74, 6) is 1.65. The van der Waals surface area contributed by atoms with E-state index in [2.05, 4.69) is 52.8 Å². The van der Waals surface area contributed by atoms with Crippen LogP contribution in [-0.2, 0) is 13.1 Å². The summed E-state index contributed by atoms with van der Waals surface area (Å²) < 4.78 is 5.55. The molecule has 1 N–H and O–H groups in total. The Bertz CT molecular complexity index is 711. The van der Waals surface area contributed by atoms with E-state index >= 15 is 0 Å². The van der Waals surface area contributed by atoms with E-state index < -0.39 is 0 Å². The van der Waals surface area contributed by atoms with Crippen molar-refractivity contribution < 1.29 is 4.42 Å². The first-order valence-electron chi connectivity index (χ1n) is 6.84. The third-order valence-corrected chi connectivity index (χ3v) is 3.49. The molecular weight excluding hydrogens is 248 g/mol. The van der Waals surface area contributed by atoms with Crippen LogP contribution in [-0.4, -0.2) is 4.98 Å². The van der Waals surface area contributed by atoms with Crippen molar-refractivity contribution in [1.29, 1.82) is 0 Å². The Morgan fingerprint density at radius 2 is 1.80 bits per heavy atom. The van der Waals surface area contributed by atoms with Crippen LogP contribution in [0.25, 0.3) is 10.8 Å². The summed E-state index contributed by atoms with van der Waals surface area (Å²) in [5.41, 5.74) is 2.23. The van der Waals surface area contributed by atoms with E-state index in [0.717, 1.165) is 23.9 Å². The lowest BCUT2D eigenvalue weighted by molar-refractivity contribution is 0.448. The number of benzene rings is 2. The Morgan fingerprint density at radius 1 is 1.00 bits per heavy atom. The van der Waals surface area contributed by atoms with E-state index in [1.807, 2.05) is 13.8 Å². The highest BCUT2D eigenvalue weighted by atomic mass is 16.4.